The van der Waals surface area contributed by atoms with Gasteiger partial charge in [0.15, 0.2) is 0 Å². The van der Waals surface area contributed by atoms with Crippen molar-refractivity contribution < 1.29 is 17.9 Å². The van der Waals surface area contributed by atoms with E-state index in [0.29, 0.717) is 21.8 Å². The highest BCUT2D eigenvalue weighted by atomic mass is 35.5. The molecule has 156 valence electrons. The summed E-state index contributed by atoms with van der Waals surface area (Å²) in [5.41, 5.74) is 1.50. The van der Waals surface area contributed by atoms with Crippen LogP contribution >= 0.6 is 11.6 Å². The molecule has 1 amide bonds. The van der Waals surface area contributed by atoms with Crippen LogP contribution in [0.5, 0.6) is 0 Å². The normalized spacial score (nSPS) is 15.2. The zero-order chi connectivity index (χ0) is 20.9. The van der Waals surface area contributed by atoms with Crippen molar-refractivity contribution in [3.05, 3.63) is 58.6 Å². The van der Waals surface area contributed by atoms with Crippen LogP contribution in [0.25, 0.3) is 0 Å². The van der Waals surface area contributed by atoms with Gasteiger partial charge < -0.3 is 15.4 Å². The van der Waals surface area contributed by atoms with Gasteiger partial charge >= 0.3 is 0 Å². The number of amides is 1. The molecule has 0 bridgehead atoms. The van der Waals surface area contributed by atoms with Gasteiger partial charge in [0.1, 0.15) is 0 Å². The number of hydrogen-bond donors (Lipinski definition) is 3. The SMILES string of the molecule is NS(=O)(=O)c1cc(NC(=O)Cc2ccccc2Cl)ccc1COC1CCNCC1. The minimum Gasteiger partial charge on any atom is -0.373 e. The molecule has 0 radical (unpaired) electrons. The van der Waals surface area contributed by atoms with Crippen molar-refractivity contribution in [2.24, 2.45) is 5.14 Å². The van der Waals surface area contributed by atoms with Crippen molar-refractivity contribution in [3.63, 3.8) is 0 Å². The Kier molecular flexibility index (Phi) is 7.26. The van der Waals surface area contributed by atoms with Crippen LogP contribution in [0, 0.1) is 0 Å². The van der Waals surface area contributed by atoms with Crippen LogP contribution in [-0.4, -0.2) is 33.5 Å². The Hall–Kier alpha value is -1.97. The third-order valence-corrected chi connectivity index (χ3v) is 6.09. The maximum absolute atomic E-state index is 12.3. The van der Waals surface area contributed by atoms with E-state index in [1.54, 1.807) is 36.4 Å². The van der Waals surface area contributed by atoms with E-state index in [-0.39, 0.29) is 29.9 Å². The van der Waals surface area contributed by atoms with Gasteiger partial charge in [-0.25, -0.2) is 13.6 Å². The summed E-state index contributed by atoms with van der Waals surface area (Å²) >= 11 is 6.08. The highest BCUT2D eigenvalue weighted by Gasteiger charge is 2.19. The summed E-state index contributed by atoms with van der Waals surface area (Å²) in [5, 5.41) is 11.8. The number of carbonyl (C=O) groups excluding carboxylic acids is 1. The van der Waals surface area contributed by atoms with Crippen molar-refractivity contribution in [1.82, 2.24) is 5.32 Å². The van der Waals surface area contributed by atoms with Crippen LogP contribution in [0.4, 0.5) is 5.69 Å². The molecule has 3 rings (SSSR count). The molecule has 0 aromatic heterocycles. The zero-order valence-corrected chi connectivity index (χ0v) is 17.4. The van der Waals surface area contributed by atoms with Gasteiger partial charge in [-0.1, -0.05) is 35.9 Å². The van der Waals surface area contributed by atoms with Crippen molar-refractivity contribution >= 4 is 33.2 Å². The van der Waals surface area contributed by atoms with E-state index in [1.165, 1.54) is 6.07 Å². The second-order valence-electron chi connectivity index (χ2n) is 6.94. The molecule has 1 fully saturated rings. The number of benzene rings is 2. The molecule has 1 heterocycles. The number of hydrogen-bond acceptors (Lipinski definition) is 5. The fourth-order valence-corrected chi connectivity index (χ4v) is 4.19. The van der Waals surface area contributed by atoms with Gasteiger partial charge in [-0.2, -0.15) is 0 Å². The number of carbonyl (C=O) groups is 1. The number of ether oxygens (including phenoxy) is 1. The summed E-state index contributed by atoms with van der Waals surface area (Å²) < 4.78 is 30.0. The molecule has 7 nitrogen and oxygen atoms in total. The van der Waals surface area contributed by atoms with Crippen LogP contribution in [0.15, 0.2) is 47.4 Å². The lowest BCUT2D eigenvalue weighted by Crippen LogP contribution is -2.32. The van der Waals surface area contributed by atoms with Crippen LogP contribution < -0.4 is 15.8 Å². The van der Waals surface area contributed by atoms with Gasteiger partial charge in [-0.05, 0) is 55.3 Å². The van der Waals surface area contributed by atoms with Crippen LogP contribution in [0.1, 0.15) is 24.0 Å². The molecule has 0 spiro atoms. The maximum Gasteiger partial charge on any atom is 0.238 e. The molecule has 2 aromatic carbocycles. The fourth-order valence-electron chi connectivity index (χ4n) is 3.21. The average molecular weight is 438 g/mol. The molecule has 1 aliphatic heterocycles. The molecule has 0 saturated carbocycles. The largest absolute Gasteiger partial charge is 0.373 e. The van der Waals surface area contributed by atoms with Gasteiger partial charge in [-0.3, -0.25) is 4.79 Å². The number of primary sulfonamides is 1. The fraction of sp³-hybridized carbons (Fsp3) is 0.350. The Balaban J connectivity index is 1.71. The lowest BCUT2D eigenvalue weighted by molar-refractivity contribution is -0.115. The van der Waals surface area contributed by atoms with E-state index in [2.05, 4.69) is 10.6 Å². The minimum atomic E-state index is -3.98. The van der Waals surface area contributed by atoms with E-state index in [9.17, 15) is 13.2 Å². The van der Waals surface area contributed by atoms with Crippen LogP contribution in [-0.2, 0) is 32.6 Å². The number of nitrogens with one attached hydrogen (secondary N) is 2. The Morgan fingerprint density at radius 1 is 1.17 bits per heavy atom. The number of piperidine rings is 1. The molecule has 0 atom stereocenters. The second-order valence-corrected chi connectivity index (χ2v) is 8.88. The minimum absolute atomic E-state index is 0.0537. The molecule has 2 aromatic rings. The molecular weight excluding hydrogens is 414 g/mol. The third kappa shape index (κ3) is 6.25. The smallest absolute Gasteiger partial charge is 0.238 e. The Labute approximate surface area is 175 Å². The maximum atomic E-state index is 12.3. The highest BCUT2D eigenvalue weighted by molar-refractivity contribution is 7.89. The van der Waals surface area contributed by atoms with Crippen molar-refractivity contribution in [3.8, 4) is 0 Å². The first-order valence-electron chi connectivity index (χ1n) is 9.34. The van der Waals surface area contributed by atoms with E-state index < -0.39 is 10.0 Å². The van der Waals surface area contributed by atoms with Crippen LogP contribution in [0.2, 0.25) is 5.02 Å². The number of sulfonamides is 1. The zero-order valence-electron chi connectivity index (χ0n) is 15.9. The average Bonchev–Trinajstić information content (AvgIpc) is 2.69. The predicted octanol–water partition coefficient (Wildman–Crippen LogP) is 2.44. The van der Waals surface area contributed by atoms with Crippen LogP contribution in [0.3, 0.4) is 0 Å². The predicted molar refractivity (Wildman–Crippen MR) is 112 cm³/mol. The standard InChI is InChI=1S/C20H24ClN3O4S/c21-18-4-2-1-3-14(18)11-20(25)24-16-6-5-15(19(12-16)29(22,26)27)13-28-17-7-9-23-10-8-17/h1-6,12,17,23H,7-11,13H2,(H,24,25)(H2,22,26,27). The first-order chi connectivity index (χ1) is 13.8. The molecule has 0 aliphatic carbocycles. The molecule has 1 aliphatic rings. The Bertz CT molecular complexity index is 975. The monoisotopic (exact) mass is 437 g/mol. The van der Waals surface area contributed by atoms with Gasteiger partial charge in [-0.15, -0.1) is 0 Å². The van der Waals surface area contributed by atoms with Gasteiger partial charge in [0.25, 0.3) is 0 Å². The summed E-state index contributed by atoms with van der Waals surface area (Å²) in [6.45, 7) is 1.90. The van der Waals surface area contributed by atoms with Gasteiger partial charge in [0, 0.05) is 10.7 Å². The van der Waals surface area contributed by atoms with Crippen molar-refractivity contribution in [2.75, 3.05) is 18.4 Å². The Morgan fingerprint density at radius 3 is 2.59 bits per heavy atom. The van der Waals surface area contributed by atoms with E-state index in [1.807, 2.05) is 0 Å². The summed E-state index contributed by atoms with van der Waals surface area (Å²) in [6.07, 6.45) is 1.91. The molecule has 9 heteroatoms. The van der Waals surface area contributed by atoms with E-state index in [0.717, 1.165) is 25.9 Å². The van der Waals surface area contributed by atoms with E-state index >= 15 is 0 Å². The quantitative estimate of drug-likeness (QED) is 0.616. The highest BCUT2D eigenvalue weighted by Crippen LogP contribution is 2.23. The topological polar surface area (TPSA) is 111 Å². The summed E-state index contributed by atoms with van der Waals surface area (Å²) in [7, 11) is -3.98. The van der Waals surface area contributed by atoms with Crippen molar-refractivity contribution in [2.45, 2.75) is 36.9 Å². The number of nitrogens with two attached hydrogens (primary N) is 1. The summed E-state index contributed by atoms with van der Waals surface area (Å²) in [5.74, 6) is -0.308. The second kappa shape index (κ2) is 9.69. The molecule has 4 N–H and O–H groups in total. The molecule has 0 unspecified atom stereocenters. The summed E-state index contributed by atoms with van der Waals surface area (Å²) in [4.78, 5) is 12.3. The molecule has 29 heavy (non-hydrogen) atoms. The first kappa shape index (κ1) is 21.7. The third-order valence-electron chi connectivity index (χ3n) is 4.73. The molecular formula is C20H24ClN3O4S. The van der Waals surface area contributed by atoms with Gasteiger partial charge in [0.2, 0.25) is 15.9 Å². The lowest BCUT2D eigenvalue weighted by Gasteiger charge is -2.23. The van der Waals surface area contributed by atoms with E-state index in [4.69, 9.17) is 21.5 Å². The summed E-state index contributed by atoms with van der Waals surface area (Å²) in [6, 6.07) is 11.7. The van der Waals surface area contributed by atoms with Gasteiger partial charge in [0.05, 0.1) is 24.0 Å². The number of anilines is 1. The lowest BCUT2D eigenvalue weighted by atomic mass is 10.1. The first-order valence-corrected chi connectivity index (χ1v) is 11.3. The Morgan fingerprint density at radius 2 is 1.90 bits per heavy atom. The number of rotatable bonds is 7. The molecule has 1 saturated heterocycles. The number of halogens is 1. The van der Waals surface area contributed by atoms with Crippen molar-refractivity contribution in [1.29, 1.82) is 0 Å².